The smallest absolute Gasteiger partial charge is 0.158 e. The first-order valence-corrected chi connectivity index (χ1v) is 7.50. The van der Waals surface area contributed by atoms with E-state index in [1.165, 1.54) is 19.4 Å². The third kappa shape index (κ3) is 4.04. The van der Waals surface area contributed by atoms with Crippen molar-refractivity contribution in [3.8, 4) is 0 Å². The van der Waals surface area contributed by atoms with Crippen LogP contribution in [0.2, 0.25) is 5.15 Å². The summed E-state index contributed by atoms with van der Waals surface area (Å²) < 4.78 is 5.36. The molecule has 1 aromatic rings. The van der Waals surface area contributed by atoms with Crippen molar-refractivity contribution in [1.29, 1.82) is 0 Å². The second-order valence-electron chi connectivity index (χ2n) is 5.27. The molecule has 0 amide bonds. The van der Waals surface area contributed by atoms with Gasteiger partial charge in [0.2, 0.25) is 0 Å². The Morgan fingerprint density at radius 1 is 1.50 bits per heavy atom. The van der Waals surface area contributed by atoms with Gasteiger partial charge in [0.1, 0.15) is 17.6 Å². The van der Waals surface area contributed by atoms with E-state index < -0.39 is 0 Å². The lowest BCUT2D eigenvalue weighted by Gasteiger charge is -2.36. The minimum absolute atomic E-state index is 0.405. The summed E-state index contributed by atoms with van der Waals surface area (Å²) in [6.45, 7) is 5.23. The number of aromatic nitrogens is 2. The van der Waals surface area contributed by atoms with Gasteiger partial charge in [-0.25, -0.2) is 9.97 Å². The SMILES string of the molecule is CCOCc1nc(Cl)cc(N(C)C2CCCN(C)C2)n1. The van der Waals surface area contributed by atoms with E-state index in [1.54, 1.807) is 0 Å². The van der Waals surface area contributed by atoms with Crippen molar-refractivity contribution >= 4 is 17.4 Å². The van der Waals surface area contributed by atoms with E-state index in [-0.39, 0.29) is 0 Å². The molecule has 0 aliphatic carbocycles. The molecule has 1 fully saturated rings. The molecule has 2 heterocycles. The van der Waals surface area contributed by atoms with Crippen LogP contribution in [0.4, 0.5) is 5.82 Å². The average Bonchev–Trinajstić information content (AvgIpc) is 2.43. The third-order valence-electron chi connectivity index (χ3n) is 3.67. The van der Waals surface area contributed by atoms with Crippen LogP contribution in [0.15, 0.2) is 6.07 Å². The lowest BCUT2D eigenvalue weighted by molar-refractivity contribution is 0.128. The summed E-state index contributed by atoms with van der Waals surface area (Å²) in [5.74, 6) is 1.52. The number of ether oxygens (including phenoxy) is 1. The molecule has 1 aliphatic rings. The average molecular weight is 299 g/mol. The van der Waals surface area contributed by atoms with Crippen molar-refractivity contribution < 1.29 is 4.74 Å². The van der Waals surface area contributed by atoms with E-state index in [0.29, 0.717) is 30.2 Å². The van der Waals surface area contributed by atoms with Crippen molar-refractivity contribution in [3.05, 3.63) is 17.0 Å². The van der Waals surface area contributed by atoms with Crippen LogP contribution in [-0.2, 0) is 11.3 Å². The van der Waals surface area contributed by atoms with Crippen LogP contribution in [0.3, 0.4) is 0 Å². The van der Waals surface area contributed by atoms with Crippen LogP contribution in [0, 0.1) is 0 Å². The lowest BCUT2D eigenvalue weighted by Crippen LogP contribution is -2.45. The van der Waals surface area contributed by atoms with Crippen LogP contribution in [0.25, 0.3) is 0 Å². The van der Waals surface area contributed by atoms with E-state index in [0.717, 1.165) is 12.4 Å². The molecule has 1 saturated heterocycles. The Bertz CT molecular complexity index is 443. The summed E-state index contributed by atoms with van der Waals surface area (Å²) in [5.41, 5.74) is 0. The van der Waals surface area contributed by atoms with Gasteiger partial charge in [-0.2, -0.15) is 0 Å². The zero-order chi connectivity index (χ0) is 14.5. The predicted octanol–water partition coefficient (Wildman–Crippen LogP) is 2.20. The van der Waals surface area contributed by atoms with Gasteiger partial charge in [0, 0.05) is 32.3 Å². The van der Waals surface area contributed by atoms with E-state index >= 15 is 0 Å². The van der Waals surface area contributed by atoms with E-state index in [9.17, 15) is 0 Å². The van der Waals surface area contributed by atoms with Gasteiger partial charge in [0.25, 0.3) is 0 Å². The topological polar surface area (TPSA) is 41.5 Å². The first-order valence-electron chi connectivity index (χ1n) is 7.12. The summed E-state index contributed by atoms with van der Waals surface area (Å²) in [5, 5.41) is 0.473. The number of nitrogens with zero attached hydrogens (tertiary/aromatic N) is 4. The minimum atomic E-state index is 0.405. The maximum absolute atomic E-state index is 6.10. The molecule has 1 aliphatic heterocycles. The molecule has 112 valence electrons. The molecular weight excluding hydrogens is 276 g/mol. The molecule has 1 aromatic heterocycles. The minimum Gasteiger partial charge on any atom is -0.374 e. The largest absolute Gasteiger partial charge is 0.374 e. The first-order chi connectivity index (χ1) is 9.60. The van der Waals surface area contributed by atoms with E-state index in [1.807, 2.05) is 13.0 Å². The maximum Gasteiger partial charge on any atom is 0.158 e. The van der Waals surface area contributed by atoms with Gasteiger partial charge in [0.05, 0.1) is 0 Å². The number of likely N-dealkylation sites (tertiary alicyclic amines) is 1. The third-order valence-corrected chi connectivity index (χ3v) is 3.87. The van der Waals surface area contributed by atoms with Gasteiger partial charge in [-0.3, -0.25) is 0 Å². The van der Waals surface area contributed by atoms with Gasteiger partial charge >= 0.3 is 0 Å². The fourth-order valence-electron chi connectivity index (χ4n) is 2.53. The Morgan fingerprint density at radius 3 is 3.00 bits per heavy atom. The highest BCUT2D eigenvalue weighted by Gasteiger charge is 2.22. The fraction of sp³-hybridized carbons (Fsp3) is 0.714. The number of likely N-dealkylation sites (N-methyl/N-ethyl adjacent to an activating group) is 2. The highest BCUT2D eigenvalue weighted by Crippen LogP contribution is 2.21. The van der Waals surface area contributed by atoms with Gasteiger partial charge in [-0.05, 0) is 33.4 Å². The molecule has 0 N–H and O–H groups in total. The van der Waals surface area contributed by atoms with Crippen LogP contribution >= 0.6 is 11.6 Å². The fourth-order valence-corrected chi connectivity index (χ4v) is 2.73. The Hall–Kier alpha value is -0.910. The maximum atomic E-state index is 6.10. The quantitative estimate of drug-likeness (QED) is 0.780. The number of hydrogen-bond donors (Lipinski definition) is 0. The summed E-state index contributed by atoms with van der Waals surface area (Å²) in [4.78, 5) is 13.3. The number of piperidine rings is 1. The monoisotopic (exact) mass is 298 g/mol. The van der Waals surface area contributed by atoms with Crippen LogP contribution < -0.4 is 4.90 Å². The molecule has 0 bridgehead atoms. The van der Waals surface area contributed by atoms with Crippen molar-refractivity contribution in [1.82, 2.24) is 14.9 Å². The van der Waals surface area contributed by atoms with E-state index in [2.05, 4.69) is 33.9 Å². The van der Waals surface area contributed by atoms with Crippen molar-refractivity contribution in [2.75, 3.05) is 38.7 Å². The number of hydrogen-bond acceptors (Lipinski definition) is 5. The van der Waals surface area contributed by atoms with Gasteiger partial charge < -0.3 is 14.5 Å². The Labute approximate surface area is 125 Å². The molecule has 1 atom stereocenters. The van der Waals surface area contributed by atoms with Crippen LogP contribution in [-0.4, -0.2) is 54.7 Å². The lowest BCUT2D eigenvalue weighted by atomic mass is 10.1. The highest BCUT2D eigenvalue weighted by atomic mass is 35.5. The van der Waals surface area contributed by atoms with Crippen LogP contribution in [0.5, 0.6) is 0 Å². The Kier molecular flexibility index (Phi) is 5.57. The molecule has 0 saturated carbocycles. The Morgan fingerprint density at radius 2 is 2.30 bits per heavy atom. The number of rotatable bonds is 5. The van der Waals surface area contributed by atoms with Gasteiger partial charge in [0.15, 0.2) is 5.82 Å². The zero-order valence-corrected chi connectivity index (χ0v) is 13.2. The second-order valence-corrected chi connectivity index (χ2v) is 5.66. The molecule has 6 heteroatoms. The zero-order valence-electron chi connectivity index (χ0n) is 12.5. The standard InChI is InChI=1S/C14H23ClN4O/c1-4-20-10-13-16-12(15)8-14(17-13)19(3)11-6-5-7-18(2)9-11/h8,11H,4-7,9-10H2,1-3H3. The molecule has 0 aromatic carbocycles. The summed E-state index contributed by atoms with van der Waals surface area (Å²) in [6, 6.07) is 2.30. The Balaban J connectivity index is 2.11. The number of anilines is 1. The van der Waals surface area contributed by atoms with Gasteiger partial charge in [-0.1, -0.05) is 11.6 Å². The predicted molar refractivity (Wildman–Crippen MR) is 81.3 cm³/mol. The number of halogens is 1. The van der Waals surface area contributed by atoms with E-state index in [4.69, 9.17) is 16.3 Å². The summed E-state index contributed by atoms with van der Waals surface area (Å²) >= 11 is 6.10. The normalized spacial score (nSPS) is 20.1. The first kappa shape index (κ1) is 15.5. The molecule has 0 radical (unpaired) electrons. The molecule has 1 unspecified atom stereocenters. The summed E-state index contributed by atoms with van der Waals surface area (Å²) in [6.07, 6.45) is 2.40. The molecule has 5 nitrogen and oxygen atoms in total. The molecular formula is C14H23ClN4O. The van der Waals surface area contributed by atoms with Crippen molar-refractivity contribution in [2.45, 2.75) is 32.4 Å². The van der Waals surface area contributed by atoms with Crippen molar-refractivity contribution in [2.24, 2.45) is 0 Å². The second kappa shape index (κ2) is 7.20. The molecule has 0 spiro atoms. The van der Waals surface area contributed by atoms with Gasteiger partial charge in [-0.15, -0.1) is 0 Å². The molecule has 20 heavy (non-hydrogen) atoms. The van der Waals surface area contributed by atoms with Crippen LogP contribution in [0.1, 0.15) is 25.6 Å². The highest BCUT2D eigenvalue weighted by molar-refractivity contribution is 6.29. The van der Waals surface area contributed by atoms with Crippen molar-refractivity contribution in [3.63, 3.8) is 0 Å². The summed E-state index contributed by atoms with van der Waals surface area (Å²) in [7, 11) is 4.24. The molecule has 2 rings (SSSR count).